The first-order valence-electron chi connectivity index (χ1n) is 10.7. The fourth-order valence-corrected chi connectivity index (χ4v) is 3.89. The number of amides is 1. The van der Waals surface area contributed by atoms with E-state index in [0.717, 1.165) is 58.1 Å². The molecule has 0 unspecified atom stereocenters. The predicted molar refractivity (Wildman–Crippen MR) is 124 cm³/mol. The fourth-order valence-electron chi connectivity index (χ4n) is 3.89. The van der Waals surface area contributed by atoms with E-state index < -0.39 is 6.09 Å². The van der Waals surface area contributed by atoms with Gasteiger partial charge >= 0.3 is 6.09 Å². The molecule has 0 aliphatic rings. The number of rotatable bonds is 8. The number of nitriles is 1. The van der Waals surface area contributed by atoms with Gasteiger partial charge in [-0.1, -0.05) is 49.7 Å². The van der Waals surface area contributed by atoms with Crippen LogP contribution in [0.2, 0.25) is 0 Å². The van der Waals surface area contributed by atoms with Crippen molar-refractivity contribution >= 4 is 17.0 Å². The summed E-state index contributed by atoms with van der Waals surface area (Å²) in [6.45, 7) is 6.55. The number of unbranched alkanes of at least 4 members (excludes halogenated alkanes) is 1. The molecule has 1 heterocycles. The molecule has 1 aromatic heterocycles. The van der Waals surface area contributed by atoms with E-state index in [2.05, 4.69) is 68.6 Å². The van der Waals surface area contributed by atoms with E-state index in [0.29, 0.717) is 12.3 Å². The lowest BCUT2D eigenvalue weighted by Crippen LogP contribution is -2.22. The maximum Gasteiger partial charge on any atom is 0.404 e. The van der Waals surface area contributed by atoms with Crippen molar-refractivity contribution in [3.63, 3.8) is 0 Å². The molecular weight excluding hydrogens is 386 g/mol. The largest absolute Gasteiger partial charge is 0.465 e. The number of nitrogens with zero attached hydrogens (tertiary/aromatic N) is 2. The smallest absolute Gasteiger partial charge is 0.404 e. The lowest BCUT2D eigenvalue weighted by atomic mass is 9.90. The van der Waals surface area contributed by atoms with Crippen molar-refractivity contribution in [3.05, 3.63) is 64.8 Å². The third-order valence-corrected chi connectivity index (χ3v) is 5.35. The third kappa shape index (κ3) is 5.61. The molecule has 3 aromatic rings. The van der Waals surface area contributed by atoms with Crippen molar-refractivity contribution in [1.82, 2.24) is 10.3 Å². The maximum absolute atomic E-state index is 11.3. The number of carbonyl (C=O) groups is 1. The number of carboxylic acid groups (broad SMARTS) is 1. The summed E-state index contributed by atoms with van der Waals surface area (Å²) in [7, 11) is 0. The summed E-state index contributed by atoms with van der Waals surface area (Å²) in [4.78, 5) is 16.3. The number of hydrogen-bond acceptors (Lipinski definition) is 3. The van der Waals surface area contributed by atoms with E-state index in [1.807, 2.05) is 6.07 Å². The van der Waals surface area contributed by atoms with E-state index in [4.69, 9.17) is 10.2 Å². The molecule has 1 amide bonds. The first-order valence-corrected chi connectivity index (χ1v) is 10.7. The summed E-state index contributed by atoms with van der Waals surface area (Å²) in [6, 6.07) is 16.8. The van der Waals surface area contributed by atoms with Crippen LogP contribution < -0.4 is 5.32 Å². The Kier molecular flexibility index (Phi) is 7.25. The molecule has 0 aliphatic carbocycles. The molecule has 2 aromatic carbocycles. The van der Waals surface area contributed by atoms with Gasteiger partial charge in [0.05, 0.1) is 11.6 Å². The molecule has 160 valence electrons. The van der Waals surface area contributed by atoms with Gasteiger partial charge in [-0.25, -0.2) is 4.79 Å². The first-order chi connectivity index (χ1) is 14.9. The molecule has 3 rings (SSSR count). The standard InChI is InChI=1S/C26H29N3O2/c1-17(2)14-24-22(16-28-26(30)31)25(20-10-7-18(3)8-11-20)21-15-19(6-4-5-13-27)9-12-23(21)29-24/h7-12,15,17,28H,4-6,14,16H2,1-3H3,(H,30,31). The van der Waals surface area contributed by atoms with Crippen molar-refractivity contribution in [2.24, 2.45) is 5.92 Å². The number of benzene rings is 2. The monoisotopic (exact) mass is 415 g/mol. The van der Waals surface area contributed by atoms with Gasteiger partial charge in [-0.2, -0.15) is 5.26 Å². The van der Waals surface area contributed by atoms with Gasteiger partial charge in [0, 0.05) is 29.6 Å². The van der Waals surface area contributed by atoms with Crippen LogP contribution in [0.1, 0.15) is 49.1 Å². The molecule has 5 heteroatoms. The van der Waals surface area contributed by atoms with Crippen LogP contribution in [0.25, 0.3) is 22.0 Å². The van der Waals surface area contributed by atoms with E-state index in [9.17, 15) is 9.90 Å². The van der Waals surface area contributed by atoms with Crippen molar-refractivity contribution in [3.8, 4) is 17.2 Å². The minimum atomic E-state index is -1.05. The average Bonchev–Trinajstić information content (AvgIpc) is 2.72. The molecule has 0 atom stereocenters. The average molecular weight is 416 g/mol. The Morgan fingerprint density at radius 1 is 1.19 bits per heavy atom. The van der Waals surface area contributed by atoms with Crippen LogP contribution in [0.3, 0.4) is 0 Å². The molecule has 0 fully saturated rings. The van der Waals surface area contributed by atoms with Crippen molar-refractivity contribution in [1.29, 1.82) is 5.26 Å². The molecule has 5 nitrogen and oxygen atoms in total. The van der Waals surface area contributed by atoms with Crippen LogP contribution in [0.4, 0.5) is 4.79 Å². The molecular formula is C26H29N3O2. The molecule has 0 bridgehead atoms. The number of pyridine rings is 1. The van der Waals surface area contributed by atoms with Crippen molar-refractivity contribution < 1.29 is 9.90 Å². The number of hydrogen-bond donors (Lipinski definition) is 2. The highest BCUT2D eigenvalue weighted by molar-refractivity contribution is 5.97. The summed E-state index contributed by atoms with van der Waals surface area (Å²) in [5.41, 5.74) is 7.20. The normalized spacial score (nSPS) is 10.9. The molecule has 0 spiro atoms. The number of aromatic nitrogens is 1. The fraction of sp³-hybridized carbons (Fsp3) is 0.346. The van der Waals surface area contributed by atoms with Crippen LogP contribution in [0, 0.1) is 24.2 Å². The Morgan fingerprint density at radius 2 is 1.94 bits per heavy atom. The first kappa shape index (κ1) is 22.3. The van der Waals surface area contributed by atoms with Gasteiger partial charge in [0.25, 0.3) is 0 Å². The van der Waals surface area contributed by atoms with Gasteiger partial charge in [0.1, 0.15) is 0 Å². The lowest BCUT2D eigenvalue weighted by molar-refractivity contribution is 0.194. The van der Waals surface area contributed by atoms with Gasteiger partial charge in [0.2, 0.25) is 0 Å². The zero-order valence-electron chi connectivity index (χ0n) is 18.4. The molecule has 31 heavy (non-hydrogen) atoms. The highest BCUT2D eigenvalue weighted by Crippen LogP contribution is 2.35. The van der Waals surface area contributed by atoms with Gasteiger partial charge < -0.3 is 10.4 Å². The summed E-state index contributed by atoms with van der Waals surface area (Å²) in [6.07, 6.45) is 1.90. The van der Waals surface area contributed by atoms with Crippen molar-refractivity contribution in [2.45, 2.75) is 53.0 Å². The topological polar surface area (TPSA) is 86.0 Å². The Bertz CT molecular complexity index is 1110. The predicted octanol–water partition coefficient (Wildman–Crippen LogP) is 6.02. The zero-order valence-corrected chi connectivity index (χ0v) is 18.4. The lowest BCUT2D eigenvalue weighted by Gasteiger charge is -2.19. The molecule has 2 N–H and O–H groups in total. The van der Waals surface area contributed by atoms with E-state index in [1.54, 1.807) is 0 Å². The Hall–Kier alpha value is -3.39. The second-order valence-corrected chi connectivity index (χ2v) is 8.40. The van der Waals surface area contributed by atoms with E-state index in [1.165, 1.54) is 5.56 Å². The minimum Gasteiger partial charge on any atom is -0.465 e. The SMILES string of the molecule is Cc1ccc(-c2c(CNC(=O)O)c(CC(C)C)nc3ccc(CCCC#N)cc23)cc1. The minimum absolute atomic E-state index is 0.211. The highest BCUT2D eigenvalue weighted by Gasteiger charge is 2.18. The van der Waals surface area contributed by atoms with Crippen LogP contribution >= 0.6 is 0 Å². The van der Waals surface area contributed by atoms with Crippen LogP contribution in [-0.2, 0) is 19.4 Å². The Labute approximate surface area is 183 Å². The quantitative estimate of drug-likeness (QED) is 0.440. The summed E-state index contributed by atoms with van der Waals surface area (Å²) in [5.74, 6) is 0.393. The Morgan fingerprint density at radius 3 is 2.58 bits per heavy atom. The third-order valence-electron chi connectivity index (χ3n) is 5.35. The van der Waals surface area contributed by atoms with Gasteiger partial charge in [-0.15, -0.1) is 0 Å². The summed E-state index contributed by atoms with van der Waals surface area (Å²) >= 11 is 0. The molecule has 0 saturated carbocycles. The molecule has 0 aliphatic heterocycles. The van der Waals surface area contributed by atoms with Gasteiger partial charge in [0.15, 0.2) is 0 Å². The van der Waals surface area contributed by atoms with Crippen molar-refractivity contribution in [2.75, 3.05) is 0 Å². The molecule has 0 saturated heterocycles. The Balaban J connectivity index is 2.26. The second kappa shape index (κ2) is 10.1. The number of fused-ring (bicyclic) bond motifs is 1. The zero-order chi connectivity index (χ0) is 22.4. The highest BCUT2D eigenvalue weighted by atomic mass is 16.4. The van der Waals surface area contributed by atoms with Gasteiger partial charge in [-0.05, 0) is 60.9 Å². The van der Waals surface area contributed by atoms with E-state index in [-0.39, 0.29) is 6.54 Å². The summed E-state index contributed by atoms with van der Waals surface area (Å²) < 4.78 is 0. The molecule has 0 radical (unpaired) electrons. The van der Waals surface area contributed by atoms with E-state index >= 15 is 0 Å². The maximum atomic E-state index is 11.3. The number of nitrogens with one attached hydrogen (secondary N) is 1. The van der Waals surface area contributed by atoms with Crippen LogP contribution in [0.15, 0.2) is 42.5 Å². The summed E-state index contributed by atoms with van der Waals surface area (Å²) in [5, 5.41) is 21.7. The van der Waals surface area contributed by atoms with Gasteiger partial charge in [-0.3, -0.25) is 4.98 Å². The van der Waals surface area contributed by atoms with Crippen LogP contribution in [-0.4, -0.2) is 16.2 Å². The second-order valence-electron chi connectivity index (χ2n) is 8.40. The van der Waals surface area contributed by atoms with Crippen LogP contribution in [0.5, 0.6) is 0 Å². The number of aryl methyl sites for hydroxylation is 2.